The van der Waals surface area contributed by atoms with Gasteiger partial charge in [-0.1, -0.05) is 181 Å². The molecule has 0 N–H and O–H groups in total. The van der Waals surface area contributed by atoms with Crippen molar-refractivity contribution in [1.82, 2.24) is 0 Å². The molecule has 0 bridgehead atoms. The summed E-state index contributed by atoms with van der Waals surface area (Å²) in [5.74, 6) is 1.89. The van der Waals surface area contributed by atoms with Gasteiger partial charge in [-0.3, -0.25) is 0 Å². The summed E-state index contributed by atoms with van der Waals surface area (Å²) >= 11 is 0. The Kier molecular flexibility index (Phi) is 8.09. The van der Waals surface area contributed by atoms with Gasteiger partial charge in [0.1, 0.15) is 11.5 Å². The molecule has 0 saturated heterocycles. The molecule has 2 nitrogen and oxygen atoms in total. The molecule has 0 radical (unpaired) electrons. The van der Waals surface area contributed by atoms with E-state index < -0.39 is 8.07 Å². The number of hydrogen-bond acceptors (Lipinski definition) is 2. The van der Waals surface area contributed by atoms with Crippen LogP contribution in [0.3, 0.4) is 0 Å². The molecule has 3 heteroatoms. The van der Waals surface area contributed by atoms with E-state index >= 15 is 0 Å². The number of hydrogen-bond donors (Lipinski definition) is 0. The predicted octanol–water partition coefficient (Wildman–Crippen LogP) is 12.1. The molecule has 0 aromatic heterocycles. The second-order valence-electron chi connectivity index (χ2n) is 15.4. The van der Waals surface area contributed by atoms with E-state index in [1.54, 1.807) is 0 Å². The third kappa shape index (κ3) is 5.47. The maximum absolute atomic E-state index is 6.62. The summed E-state index contributed by atoms with van der Waals surface area (Å²) in [6, 6.07) is 80.2. The van der Waals surface area contributed by atoms with Crippen molar-refractivity contribution in [2.24, 2.45) is 0 Å². The number of benzene rings is 10. The van der Waals surface area contributed by atoms with Crippen LogP contribution in [-0.4, -0.2) is 8.07 Å². The highest BCUT2D eigenvalue weighted by Gasteiger charge is 2.47. The van der Waals surface area contributed by atoms with Crippen molar-refractivity contribution in [2.75, 3.05) is 4.90 Å². The molecule has 0 saturated carbocycles. The Morgan fingerprint density at radius 1 is 0.397 bits per heavy atom. The van der Waals surface area contributed by atoms with Gasteiger partial charge in [0.25, 0.3) is 0 Å². The monoisotopic (exact) mass is 757 g/mol. The Morgan fingerprint density at radius 3 is 1.69 bits per heavy atom. The van der Waals surface area contributed by atoms with Gasteiger partial charge in [-0.2, -0.15) is 0 Å². The quantitative estimate of drug-likeness (QED) is 0.157. The van der Waals surface area contributed by atoms with Crippen LogP contribution in [0.2, 0.25) is 0 Å². The lowest BCUT2D eigenvalue weighted by molar-refractivity contribution is 0.487. The average molecular weight is 758 g/mol. The normalized spacial score (nSPS) is 12.8. The SMILES string of the molecule is Cc1ccc([Si]2(c3ccc4cc(N(c5ccc(-c6cccc7ccccc67)cc5)c5cccc6ccccc56)ccc4c3)c3ccccc3Oc3ccccc32)cc1. The summed E-state index contributed by atoms with van der Waals surface area (Å²) in [7, 11) is -2.77. The minimum Gasteiger partial charge on any atom is -0.458 e. The van der Waals surface area contributed by atoms with Crippen LogP contribution >= 0.6 is 0 Å². The molecular weight excluding hydrogens is 719 g/mol. The lowest BCUT2D eigenvalue weighted by atomic mass is 9.98. The third-order valence-electron chi connectivity index (χ3n) is 12.0. The maximum atomic E-state index is 6.62. The predicted molar refractivity (Wildman–Crippen MR) is 248 cm³/mol. The summed E-state index contributed by atoms with van der Waals surface area (Å²) in [5, 5.41) is 12.6. The van der Waals surface area contributed by atoms with Gasteiger partial charge in [-0.05, 0) is 108 Å². The molecule has 10 aromatic rings. The fourth-order valence-corrected chi connectivity index (χ4v) is 14.2. The topological polar surface area (TPSA) is 12.5 Å². The molecule has 0 amide bonds. The maximum Gasteiger partial charge on any atom is 0.188 e. The molecule has 58 heavy (non-hydrogen) atoms. The van der Waals surface area contributed by atoms with Gasteiger partial charge >= 0.3 is 0 Å². The first-order valence-electron chi connectivity index (χ1n) is 20.0. The second kappa shape index (κ2) is 13.8. The highest BCUT2D eigenvalue weighted by atomic mass is 28.3. The minimum atomic E-state index is -2.77. The van der Waals surface area contributed by atoms with Crippen LogP contribution < -0.4 is 30.4 Å². The number of ether oxygens (including phenoxy) is 1. The lowest BCUT2D eigenvalue weighted by Gasteiger charge is -2.39. The van der Waals surface area contributed by atoms with Crippen molar-refractivity contribution in [3.63, 3.8) is 0 Å². The molecule has 274 valence electrons. The number of aryl methyl sites for hydroxylation is 1. The van der Waals surface area contributed by atoms with Gasteiger partial charge in [0.15, 0.2) is 8.07 Å². The smallest absolute Gasteiger partial charge is 0.188 e. The highest BCUT2D eigenvalue weighted by Crippen LogP contribution is 2.41. The van der Waals surface area contributed by atoms with E-state index in [4.69, 9.17) is 4.74 Å². The molecule has 1 heterocycles. The summed E-state index contributed by atoms with van der Waals surface area (Å²) in [6.07, 6.45) is 0. The van der Waals surface area contributed by atoms with Gasteiger partial charge in [0.05, 0.1) is 5.69 Å². The Bertz CT molecular complexity index is 3110. The van der Waals surface area contributed by atoms with Crippen LogP contribution in [-0.2, 0) is 0 Å². The summed E-state index contributed by atoms with van der Waals surface area (Å²) in [4.78, 5) is 2.41. The van der Waals surface area contributed by atoms with Crippen LogP contribution in [0.1, 0.15) is 5.56 Å². The zero-order chi connectivity index (χ0) is 38.6. The third-order valence-corrected chi connectivity index (χ3v) is 16.9. The standard InChI is InChI=1S/C55H39NOSi/c1-38-24-33-46(34-25-38)58(54-22-8-6-20-52(54)57-53-21-7-9-23-55(53)58)47-35-29-42-36-45(32-28-43(42)37-47)56(51-19-11-15-40-13-3-5-17-50(40)51)44-30-26-41(27-31-44)49-18-10-14-39-12-2-4-16-48(39)49/h2-37H,1H3. The first-order valence-corrected chi connectivity index (χ1v) is 22.0. The molecule has 10 aromatic carbocycles. The number of fused-ring (bicyclic) bond motifs is 5. The van der Waals surface area contributed by atoms with Crippen LogP contribution in [0, 0.1) is 6.92 Å². The van der Waals surface area contributed by atoms with Crippen molar-refractivity contribution < 1.29 is 4.74 Å². The van der Waals surface area contributed by atoms with E-state index in [1.807, 2.05) is 0 Å². The summed E-state index contributed by atoms with van der Waals surface area (Å²) < 4.78 is 6.62. The number of anilines is 3. The molecule has 1 aliphatic rings. The van der Waals surface area contributed by atoms with Gasteiger partial charge in [0, 0.05) is 16.8 Å². The van der Waals surface area contributed by atoms with Gasteiger partial charge < -0.3 is 9.64 Å². The molecule has 0 spiro atoms. The minimum absolute atomic E-state index is 0.945. The highest BCUT2D eigenvalue weighted by molar-refractivity contribution is 7.20. The second-order valence-corrected chi connectivity index (χ2v) is 19.1. The van der Waals surface area contributed by atoms with E-state index in [1.165, 1.54) is 69.8 Å². The molecule has 0 unspecified atom stereocenters. The molecule has 0 fully saturated rings. The Morgan fingerprint density at radius 2 is 0.948 bits per heavy atom. The molecule has 0 aliphatic carbocycles. The van der Waals surface area contributed by atoms with Crippen molar-refractivity contribution >= 4 is 78.2 Å². The van der Waals surface area contributed by atoms with E-state index in [9.17, 15) is 0 Å². The number of para-hydroxylation sites is 2. The lowest BCUT2D eigenvalue weighted by Crippen LogP contribution is -2.76. The first kappa shape index (κ1) is 34.1. The van der Waals surface area contributed by atoms with E-state index in [0.29, 0.717) is 0 Å². The molecule has 1 aliphatic heterocycles. The molecular formula is C55H39NOSi. The van der Waals surface area contributed by atoms with Crippen LogP contribution in [0.15, 0.2) is 218 Å². The van der Waals surface area contributed by atoms with E-state index in [-0.39, 0.29) is 0 Å². The van der Waals surface area contributed by atoms with Crippen molar-refractivity contribution in [1.29, 1.82) is 0 Å². The van der Waals surface area contributed by atoms with Crippen molar-refractivity contribution in [3.05, 3.63) is 224 Å². The summed E-state index contributed by atoms with van der Waals surface area (Å²) in [5.41, 5.74) is 7.07. The Balaban J connectivity index is 1.08. The van der Waals surface area contributed by atoms with E-state index in [2.05, 4.69) is 230 Å². The van der Waals surface area contributed by atoms with Crippen LogP contribution in [0.4, 0.5) is 17.1 Å². The van der Waals surface area contributed by atoms with Crippen molar-refractivity contribution in [2.45, 2.75) is 6.92 Å². The zero-order valence-corrected chi connectivity index (χ0v) is 33.1. The average Bonchev–Trinajstić information content (AvgIpc) is 3.28. The first-order chi connectivity index (χ1) is 28.6. The Hall–Kier alpha value is -7.20. The Labute approximate surface area is 339 Å². The summed E-state index contributed by atoms with van der Waals surface area (Å²) in [6.45, 7) is 2.17. The fraction of sp³-hybridized carbons (Fsp3) is 0.0182. The van der Waals surface area contributed by atoms with Crippen LogP contribution in [0.5, 0.6) is 11.5 Å². The van der Waals surface area contributed by atoms with Crippen LogP contribution in [0.25, 0.3) is 43.4 Å². The van der Waals surface area contributed by atoms with Crippen molar-refractivity contribution in [3.8, 4) is 22.6 Å². The fourth-order valence-electron chi connectivity index (χ4n) is 9.29. The zero-order valence-electron chi connectivity index (χ0n) is 32.1. The van der Waals surface area contributed by atoms with Gasteiger partial charge in [-0.25, -0.2) is 0 Å². The number of rotatable bonds is 6. The largest absolute Gasteiger partial charge is 0.458 e. The van der Waals surface area contributed by atoms with Gasteiger partial charge in [-0.15, -0.1) is 0 Å². The van der Waals surface area contributed by atoms with E-state index in [0.717, 1.165) is 28.6 Å². The molecule has 11 rings (SSSR count). The van der Waals surface area contributed by atoms with Gasteiger partial charge in [0.2, 0.25) is 0 Å². The molecule has 0 atom stereocenters. The number of nitrogens with zero attached hydrogens (tertiary/aromatic N) is 1.